The molecule has 1 saturated heterocycles. The Morgan fingerprint density at radius 3 is 2.48 bits per heavy atom. The van der Waals surface area contributed by atoms with Crippen molar-refractivity contribution in [2.75, 3.05) is 33.3 Å². The number of piperidine rings is 1. The molecular formula is C13H22F3N3O2. The number of hydrogen-bond acceptors (Lipinski definition) is 3. The van der Waals surface area contributed by atoms with E-state index in [1.54, 1.807) is 6.92 Å². The van der Waals surface area contributed by atoms with E-state index in [0.29, 0.717) is 38.5 Å². The van der Waals surface area contributed by atoms with Gasteiger partial charge in [0.25, 0.3) is 0 Å². The number of ether oxygens (including phenoxy) is 1. The van der Waals surface area contributed by atoms with Crippen molar-refractivity contribution in [1.29, 1.82) is 0 Å². The number of guanidine groups is 1. The van der Waals surface area contributed by atoms with E-state index in [1.807, 2.05) is 4.90 Å². The van der Waals surface area contributed by atoms with Crippen LogP contribution in [-0.2, 0) is 9.53 Å². The first kappa shape index (κ1) is 17.6. The van der Waals surface area contributed by atoms with Gasteiger partial charge in [-0.3, -0.25) is 9.79 Å². The quantitative estimate of drug-likeness (QED) is 0.489. The maximum atomic E-state index is 12.1. The van der Waals surface area contributed by atoms with Gasteiger partial charge in [-0.15, -0.1) is 0 Å². The van der Waals surface area contributed by atoms with Crippen molar-refractivity contribution < 1.29 is 22.7 Å². The molecule has 5 nitrogen and oxygen atoms in total. The number of hydrogen-bond donors (Lipinski definition) is 1. The van der Waals surface area contributed by atoms with Crippen LogP contribution in [0, 0.1) is 5.92 Å². The van der Waals surface area contributed by atoms with Crippen LogP contribution in [0.4, 0.5) is 13.2 Å². The Bertz CT molecular complexity index is 364. The van der Waals surface area contributed by atoms with Crippen molar-refractivity contribution in [3.8, 4) is 0 Å². The highest BCUT2D eigenvalue weighted by Gasteiger charge is 2.29. The molecule has 0 unspecified atom stereocenters. The van der Waals surface area contributed by atoms with E-state index >= 15 is 0 Å². The van der Waals surface area contributed by atoms with Crippen molar-refractivity contribution in [2.45, 2.75) is 32.4 Å². The first-order valence-electron chi connectivity index (χ1n) is 7.06. The molecule has 1 aliphatic rings. The van der Waals surface area contributed by atoms with Crippen LogP contribution in [0.2, 0.25) is 0 Å². The molecule has 1 fully saturated rings. The summed E-state index contributed by atoms with van der Waals surface area (Å²) >= 11 is 0. The number of nitrogens with zero attached hydrogens (tertiary/aromatic N) is 2. The van der Waals surface area contributed by atoms with Crippen molar-refractivity contribution in [1.82, 2.24) is 10.2 Å². The molecule has 0 aromatic heterocycles. The highest BCUT2D eigenvalue weighted by molar-refractivity contribution is 5.80. The lowest BCUT2D eigenvalue weighted by Crippen LogP contribution is -2.47. The summed E-state index contributed by atoms with van der Waals surface area (Å²) in [4.78, 5) is 17.5. The summed E-state index contributed by atoms with van der Waals surface area (Å²) in [6.45, 7) is 3.08. The molecule has 1 aliphatic heterocycles. The Labute approximate surface area is 122 Å². The molecule has 0 radical (unpaired) electrons. The smallest absolute Gasteiger partial charge is 0.390 e. The predicted molar refractivity (Wildman–Crippen MR) is 73.0 cm³/mol. The van der Waals surface area contributed by atoms with E-state index < -0.39 is 12.6 Å². The molecule has 122 valence electrons. The third kappa shape index (κ3) is 6.22. The summed E-state index contributed by atoms with van der Waals surface area (Å²) in [6.07, 6.45) is -3.83. The van der Waals surface area contributed by atoms with Crippen LogP contribution in [0.15, 0.2) is 4.99 Å². The Kier molecular flexibility index (Phi) is 6.77. The molecule has 0 saturated carbocycles. The van der Waals surface area contributed by atoms with E-state index in [2.05, 4.69) is 10.3 Å². The third-order valence-electron chi connectivity index (χ3n) is 3.32. The average molecular weight is 309 g/mol. The maximum absolute atomic E-state index is 12.1. The van der Waals surface area contributed by atoms with Gasteiger partial charge in [0, 0.05) is 26.7 Å². The van der Waals surface area contributed by atoms with Crippen LogP contribution in [0.3, 0.4) is 0 Å². The largest absolute Gasteiger partial charge is 0.466 e. The Balaban J connectivity index is 2.39. The van der Waals surface area contributed by atoms with Crippen LogP contribution in [0.5, 0.6) is 0 Å². The van der Waals surface area contributed by atoms with E-state index in [-0.39, 0.29) is 18.4 Å². The average Bonchev–Trinajstić information content (AvgIpc) is 2.43. The third-order valence-corrected chi connectivity index (χ3v) is 3.32. The number of likely N-dealkylation sites (tertiary alicyclic amines) is 1. The van der Waals surface area contributed by atoms with Crippen LogP contribution in [-0.4, -0.2) is 56.3 Å². The summed E-state index contributed by atoms with van der Waals surface area (Å²) in [7, 11) is 1.54. The minimum Gasteiger partial charge on any atom is -0.466 e. The number of nitrogens with one attached hydrogen (secondary N) is 1. The van der Waals surface area contributed by atoms with Gasteiger partial charge in [0.1, 0.15) is 0 Å². The highest BCUT2D eigenvalue weighted by atomic mass is 19.4. The van der Waals surface area contributed by atoms with Crippen molar-refractivity contribution in [3.05, 3.63) is 0 Å². The molecule has 1 rings (SSSR count). The maximum Gasteiger partial charge on any atom is 0.390 e. The summed E-state index contributed by atoms with van der Waals surface area (Å²) in [6, 6.07) is 0. The van der Waals surface area contributed by atoms with Gasteiger partial charge in [-0.2, -0.15) is 13.2 Å². The summed E-state index contributed by atoms with van der Waals surface area (Å²) < 4.78 is 41.3. The minimum atomic E-state index is -4.18. The molecule has 1 heterocycles. The lowest BCUT2D eigenvalue weighted by molar-refractivity contribution is -0.149. The molecule has 8 heteroatoms. The molecule has 0 bridgehead atoms. The second-order valence-corrected chi connectivity index (χ2v) is 4.85. The van der Waals surface area contributed by atoms with Crippen molar-refractivity contribution in [3.63, 3.8) is 0 Å². The molecule has 0 aliphatic carbocycles. The zero-order valence-electron chi connectivity index (χ0n) is 12.4. The van der Waals surface area contributed by atoms with Gasteiger partial charge in [0.05, 0.1) is 18.9 Å². The summed E-state index contributed by atoms with van der Waals surface area (Å²) in [5.74, 6) is 0.119. The number of alkyl halides is 3. The predicted octanol–water partition coefficient (Wildman–Crippen LogP) is 1.79. The Morgan fingerprint density at radius 1 is 1.38 bits per heavy atom. The van der Waals surface area contributed by atoms with E-state index in [9.17, 15) is 18.0 Å². The topological polar surface area (TPSA) is 53.9 Å². The summed E-state index contributed by atoms with van der Waals surface area (Å²) in [5, 5.41) is 2.70. The van der Waals surface area contributed by atoms with Gasteiger partial charge in [-0.05, 0) is 19.8 Å². The molecule has 0 aromatic rings. The molecular weight excluding hydrogens is 287 g/mol. The van der Waals surface area contributed by atoms with Crippen molar-refractivity contribution in [2.24, 2.45) is 10.9 Å². The van der Waals surface area contributed by atoms with Crippen LogP contribution < -0.4 is 5.32 Å². The van der Waals surface area contributed by atoms with Gasteiger partial charge < -0.3 is 15.0 Å². The van der Waals surface area contributed by atoms with E-state index in [0.717, 1.165) is 0 Å². The van der Waals surface area contributed by atoms with Crippen LogP contribution in [0.1, 0.15) is 26.2 Å². The SMILES string of the molecule is CCOC(=O)C1CCN(C(=NC)NCCC(F)(F)F)CC1. The molecule has 0 atom stereocenters. The normalized spacial score (nSPS) is 17.8. The highest BCUT2D eigenvalue weighted by Crippen LogP contribution is 2.20. The van der Waals surface area contributed by atoms with Gasteiger partial charge in [-0.1, -0.05) is 0 Å². The number of carbonyl (C=O) groups is 1. The van der Waals surface area contributed by atoms with Crippen LogP contribution >= 0.6 is 0 Å². The molecule has 0 spiro atoms. The lowest BCUT2D eigenvalue weighted by atomic mass is 9.97. The van der Waals surface area contributed by atoms with E-state index in [1.165, 1.54) is 7.05 Å². The van der Waals surface area contributed by atoms with Gasteiger partial charge >= 0.3 is 12.1 Å². The zero-order valence-corrected chi connectivity index (χ0v) is 12.4. The summed E-state index contributed by atoms with van der Waals surface area (Å²) in [5.41, 5.74) is 0. The second kappa shape index (κ2) is 8.09. The van der Waals surface area contributed by atoms with Crippen LogP contribution in [0.25, 0.3) is 0 Å². The first-order valence-corrected chi connectivity index (χ1v) is 7.06. The standard InChI is InChI=1S/C13H22F3N3O2/c1-3-21-11(20)10-4-8-19(9-5-10)12(17-2)18-7-6-13(14,15)16/h10H,3-9H2,1-2H3,(H,17,18). The molecule has 1 N–H and O–H groups in total. The second-order valence-electron chi connectivity index (χ2n) is 4.85. The fourth-order valence-corrected chi connectivity index (χ4v) is 2.24. The van der Waals surface area contributed by atoms with Gasteiger partial charge in [-0.25, -0.2) is 0 Å². The number of esters is 1. The number of halogens is 3. The molecule has 21 heavy (non-hydrogen) atoms. The monoisotopic (exact) mass is 309 g/mol. The zero-order chi connectivity index (χ0) is 15.9. The number of carbonyl (C=O) groups excluding carboxylic acids is 1. The Morgan fingerprint density at radius 2 is 2.00 bits per heavy atom. The lowest BCUT2D eigenvalue weighted by Gasteiger charge is -2.33. The van der Waals surface area contributed by atoms with Gasteiger partial charge in [0.15, 0.2) is 5.96 Å². The fraction of sp³-hybridized carbons (Fsp3) is 0.846. The first-order chi connectivity index (χ1) is 9.87. The molecule has 0 aromatic carbocycles. The minimum absolute atomic E-state index is 0.130. The number of rotatable bonds is 4. The Hall–Kier alpha value is -1.47. The van der Waals surface area contributed by atoms with Crippen molar-refractivity contribution >= 4 is 11.9 Å². The van der Waals surface area contributed by atoms with E-state index in [4.69, 9.17) is 4.74 Å². The number of aliphatic imine (C=N–C) groups is 1. The fourth-order valence-electron chi connectivity index (χ4n) is 2.24. The van der Waals surface area contributed by atoms with Gasteiger partial charge in [0.2, 0.25) is 0 Å². The molecule has 0 amide bonds.